The zero-order chi connectivity index (χ0) is 20.2. The van der Waals surface area contributed by atoms with E-state index in [-0.39, 0.29) is 0 Å². The maximum absolute atomic E-state index is 11.7. The largest absolute Gasteiger partial charge is 0.479 e. The van der Waals surface area contributed by atoms with Gasteiger partial charge >= 0.3 is 5.97 Å². The van der Waals surface area contributed by atoms with Crippen molar-refractivity contribution in [2.45, 2.75) is 116 Å². The van der Waals surface area contributed by atoms with E-state index in [4.69, 9.17) is 4.74 Å². The van der Waals surface area contributed by atoms with Crippen LogP contribution in [0.1, 0.15) is 111 Å². The Bertz CT molecular complexity index is 400. The fourth-order valence-electron chi connectivity index (χ4n) is 3.13. The van der Waals surface area contributed by atoms with Crippen molar-refractivity contribution in [1.29, 1.82) is 0 Å². The summed E-state index contributed by atoms with van der Waals surface area (Å²) in [7, 11) is 0. The molecule has 0 aromatic heterocycles. The number of aliphatic carboxylic acids is 1. The van der Waals surface area contributed by atoms with Crippen LogP contribution in [0.15, 0.2) is 24.3 Å². The Kier molecular flexibility index (Phi) is 17.5. The molecule has 1 atom stereocenters. The number of hydrogen-bond donors (Lipinski definition) is 1. The van der Waals surface area contributed by atoms with E-state index in [0.29, 0.717) is 19.4 Å². The summed E-state index contributed by atoms with van der Waals surface area (Å²) in [5.74, 6) is -0.799. The minimum absolute atomic E-state index is 0.542. The number of hydrogen-bond acceptors (Lipinski definition) is 2. The first kappa shape index (κ1) is 25.9. The minimum atomic E-state index is -0.974. The molecule has 0 radical (unpaired) electrons. The highest BCUT2D eigenvalue weighted by Gasteiger charge is 2.36. The van der Waals surface area contributed by atoms with Crippen molar-refractivity contribution in [3.8, 4) is 0 Å². The second kappa shape index (κ2) is 18.3. The first-order chi connectivity index (χ1) is 13.1. The van der Waals surface area contributed by atoms with Gasteiger partial charge in [-0.25, -0.2) is 4.79 Å². The first-order valence-corrected chi connectivity index (χ1v) is 11.3. The normalized spacial score (nSPS) is 14.2. The Morgan fingerprint density at radius 3 is 1.96 bits per heavy atom. The molecule has 0 saturated heterocycles. The van der Waals surface area contributed by atoms with Crippen molar-refractivity contribution in [3.63, 3.8) is 0 Å². The monoisotopic (exact) mass is 380 g/mol. The predicted octanol–water partition coefficient (Wildman–Crippen LogP) is 7.46. The number of rotatable bonds is 19. The molecule has 1 N–H and O–H groups in total. The Morgan fingerprint density at radius 2 is 1.41 bits per heavy atom. The lowest BCUT2D eigenvalue weighted by molar-refractivity contribution is -0.168. The fourth-order valence-corrected chi connectivity index (χ4v) is 3.13. The highest BCUT2D eigenvalue weighted by molar-refractivity contribution is 5.77. The van der Waals surface area contributed by atoms with Crippen LogP contribution in [-0.4, -0.2) is 23.3 Å². The van der Waals surface area contributed by atoms with Crippen LogP contribution < -0.4 is 0 Å². The highest BCUT2D eigenvalue weighted by Crippen LogP contribution is 2.25. The molecule has 0 spiro atoms. The van der Waals surface area contributed by atoms with Crippen LogP contribution in [0.5, 0.6) is 0 Å². The summed E-state index contributed by atoms with van der Waals surface area (Å²) in [4.78, 5) is 11.7. The summed E-state index contributed by atoms with van der Waals surface area (Å²) in [5, 5.41) is 9.59. The molecule has 0 saturated carbocycles. The summed E-state index contributed by atoms with van der Waals surface area (Å²) >= 11 is 0. The Hall–Kier alpha value is -1.09. The van der Waals surface area contributed by atoms with E-state index < -0.39 is 11.6 Å². The molecule has 27 heavy (non-hydrogen) atoms. The van der Waals surface area contributed by atoms with E-state index in [9.17, 15) is 9.90 Å². The highest BCUT2D eigenvalue weighted by atomic mass is 16.5. The zero-order valence-corrected chi connectivity index (χ0v) is 18.2. The standard InChI is InChI=1S/C24H44O3/c1-4-7-9-10-11-12-13-14-15-16-17-18-19-20-21-24(6-3,23(25)26)27-22-8-5-2/h11-12,14-15H,4-10,13,16-22H2,1-3H3,(H,25,26). The van der Waals surface area contributed by atoms with Gasteiger partial charge in [0.15, 0.2) is 5.60 Å². The van der Waals surface area contributed by atoms with E-state index in [1.165, 1.54) is 32.1 Å². The van der Waals surface area contributed by atoms with Crippen LogP contribution in [-0.2, 0) is 9.53 Å². The SMILES string of the molecule is CCCCCC=CCC=CCCCCCCC(CC)(OCCCC)C(=O)O. The van der Waals surface area contributed by atoms with Gasteiger partial charge in [-0.05, 0) is 57.8 Å². The zero-order valence-electron chi connectivity index (χ0n) is 18.2. The second-order valence-corrected chi connectivity index (χ2v) is 7.48. The average Bonchev–Trinajstić information content (AvgIpc) is 2.66. The summed E-state index contributed by atoms with van der Waals surface area (Å²) in [6.45, 7) is 6.80. The van der Waals surface area contributed by atoms with Crippen LogP contribution in [0.25, 0.3) is 0 Å². The van der Waals surface area contributed by atoms with Crippen molar-refractivity contribution in [2.75, 3.05) is 6.61 Å². The van der Waals surface area contributed by atoms with E-state index in [1.54, 1.807) is 0 Å². The quantitative estimate of drug-likeness (QED) is 0.187. The molecule has 0 aromatic rings. The number of allylic oxidation sites excluding steroid dienone is 4. The van der Waals surface area contributed by atoms with Gasteiger partial charge in [0.2, 0.25) is 0 Å². The maximum atomic E-state index is 11.7. The molecule has 0 aliphatic rings. The molecule has 0 amide bonds. The molecule has 1 unspecified atom stereocenters. The van der Waals surface area contributed by atoms with Crippen LogP contribution in [0.3, 0.4) is 0 Å². The summed E-state index contributed by atoms with van der Waals surface area (Å²) < 4.78 is 5.78. The van der Waals surface area contributed by atoms with Crippen LogP contribution in [0.4, 0.5) is 0 Å². The lowest BCUT2D eigenvalue weighted by Gasteiger charge is -2.28. The van der Waals surface area contributed by atoms with Gasteiger partial charge in [-0.15, -0.1) is 0 Å². The molecular formula is C24H44O3. The lowest BCUT2D eigenvalue weighted by Crippen LogP contribution is -2.41. The van der Waals surface area contributed by atoms with Gasteiger partial charge in [-0.2, -0.15) is 0 Å². The van der Waals surface area contributed by atoms with E-state index in [0.717, 1.165) is 44.9 Å². The fraction of sp³-hybridized carbons (Fsp3) is 0.792. The van der Waals surface area contributed by atoms with Crippen molar-refractivity contribution < 1.29 is 14.6 Å². The van der Waals surface area contributed by atoms with Crippen molar-refractivity contribution in [1.82, 2.24) is 0 Å². The summed E-state index contributed by atoms with van der Waals surface area (Å²) in [6, 6.07) is 0. The van der Waals surface area contributed by atoms with Crippen LogP contribution >= 0.6 is 0 Å². The van der Waals surface area contributed by atoms with E-state index >= 15 is 0 Å². The van der Waals surface area contributed by atoms with Gasteiger partial charge in [0.25, 0.3) is 0 Å². The molecule has 3 nitrogen and oxygen atoms in total. The van der Waals surface area contributed by atoms with Gasteiger partial charge in [0, 0.05) is 6.61 Å². The van der Waals surface area contributed by atoms with Gasteiger partial charge in [0.1, 0.15) is 0 Å². The van der Waals surface area contributed by atoms with Crippen molar-refractivity contribution in [2.24, 2.45) is 0 Å². The van der Waals surface area contributed by atoms with E-state index in [2.05, 4.69) is 38.2 Å². The van der Waals surface area contributed by atoms with Gasteiger partial charge < -0.3 is 9.84 Å². The molecule has 0 aliphatic carbocycles. The topological polar surface area (TPSA) is 46.5 Å². The maximum Gasteiger partial charge on any atom is 0.335 e. The van der Waals surface area contributed by atoms with Crippen molar-refractivity contribution >= 4 is 5.97 Å². The molecule has 0 fully saturated rings. The van der Waals surface area contributed by atoms with Gasteiger partial charge in [-0.3, -0.25) is 0 Å². The van der Waals surface area contributed by atoms with Gasteiger partial charge in [-0.1, -0.05) is 77.2 Å². The third-order valence-corrected chi connectivity index (χ3v) is 5.12. The van der Waals surface area contributed by atoms with Crippen LogP contribution in [0.2, 0.25) is 0 Å². The number of unbranched alkanes of at least 4 members (excludes halogenated alkanes) is 8. The smallest absolute Gasteiger partial charge is 0.335 e. The third kappa shape index (κ3) is 13.7. The van der Waals surface area contributed by atoms with Gasteiger partial charge in [0.05, 0.1) is 0 Å². The average molecular weight is 381 g/mol. The number of ether oxygens (including phenoxy) is 1. The number of carbonyl (C=O) groups is 1. The Morgan fingerprint density at radius 1 is 0.815 bits per heavy atom. The Labute approximate surface area is 168 Å². The molecule has 0 aliphatic heterocycles. The Balaban J connectivity index is 3.80. The summed E-state index contributed by atoms with van der Waals surface area (Å²) in [6.07, 6.45) is 23.9. The first-order valence-electron chi connectivity index (χ1n) is 11.3. The molecule has 0 aromatic carbocycles. The van der Waals surface area contributed by atoms with Crippen LogP contribution in [0, 0.1) is 0 Å². The molecule has 0 bridgehead atoms. The third-order valence-electron chi connectivity index (χ3n) is 5.12. The number of carboxylic acids is 1. The van der Waals surface area contributed by atoms with E-state index in [1.807, 2.05) is 6.92 Å². The molecule has 158 valence electrons. The molecule has 3 heteroatoms. The lowest BCUT2D eigenvalue weighted by atomic mass is 9.92. The summed E-state index contributed by atoms with van der Waals surface area (Å²) in [5.41, 5.74) is -0.974. The molecule has 0 heterocycles. The second-order valence-electron chi connectivity index (χ2n) is 7.48. The number of carboxylic acid groups (broad SMARTS) is 1. The molecule has 0 rings (SSSR count). The minimum Gasteiger partial charge on any atom is -0.479 e. The predicted molar refractivity (Wildman–Crippen MR) is 116 cm³/mol. The molecular weight excluding hydrogens is 336 g/mol. The van der Waals surface area contributed by atoms with Crippen molar-refractivity contribution in [3.05, 3.63) is 24.3 Å².